The zero-order valence-electron chi connectivity index (χ0n) is 9.04. The third-order valence-corrected chi connectivity index (χ3v) is 2.35. The van der Waals surface area contributed by atoms with Gasteiger partial charge in [0.1, 0.15) is 5.69 Å². The molecule has 72 valence electrons. The Morgan fingerprint density at radius 3 is 1.69 bits per heavy atom. The SMILES string of the molecule is CC(C)[NH+](c1ccccc1)C(C)C. The van der Waals surface area contributed by atoms with Crippen LogP contribution >= 0.6 is 0 Å². The summed E-state index contributed by atoms with van der Waals surface area (Å²) in [6.07, 6.45) is 0. The molecule has 0 spiro atoms. The van der Waals surface area contributed by atoms with Crippen LogP contribution < -0.4 is 4.90 Å². The molecule has 0 fully saturated rings. The van der Waals surface area contributed by atoms with Crippen molar-refractivity contribution in [3.05, 3.63) is 30.3 Å². The van der Waals surface area contributed by atoms with E-state index < -0.39 is 0 Å². The van der Waals surface area contributed by atoms with Crippen molar-refractivity contribution in [2.75, 3.05) is 0 Å². The predicted octanol–water partition coefficient (Wildman–Crippen LogP) is 2.02. The summed E-state index contributed by atoms with van der Waals surface area (Å²) < 4.78 is 0. The van der Waals surface area contributed by atoms with Gasteiger partial charge in [0.05, 0.1) is 12.1 Å². The van der Waals surface area contributed by atoms with E-state index in [-0.39, 0.29) is 0 Å². The fraction of sp³-hybridized carbons (Fsp3) is 0.500. The van der Waals surface area contributed by atoms with E-state index in [1.165, 1.54) is 5.69 Å². The molecule has 0 unspecified atom stereocenters. The predicted molar refractivity (Wildman–Crippen MR) is 57.3 cm³/mol. The van der Waals surface area contributed by atoms with Crippen LogP contribution in [0.25, 0.3) is 0 Å². The molecule has 0 heterocycles. The third kappa shape index (κ3) is 2.56. The minimum atomic E-state index is 0.641. The summed E-state index contributed by atoms with van der Waals surface area (Å²) in [5, 5.41) is 0. The highest BCUT2D eigenvalue weighted by Crippen LogP contribution is 2.00. The number of rotatable bonds is 3. The molecule has 1 heteroatoms. The van der Waals surface area contributed by atoms with E-state index in [1.54, 1.807) is 4.90 Å². The summed E-state index contributed by atoms with van der Waals surface area (Å²) in [5.74, 6) is 0. The van der Waals surface area contributed by atoms with E-state index in [1.807, 2.05) is 0 Å². The van der Waals surface area contributed by atoms with E-state index in [9.17, 15) is 0 Å². The molecular weight excluding hydrogens is 158 g/mol. The first kappa shape index (κ1) is 10.3. The summed E-state index contributed by atoms with van der Waals surface area (Å²) in [6, 6.07) is 12.0. The lowest BCUT2D eigenvalue weighted by Crippen LogP contribution is -3.13. The molecule has 0 bridgehead atoms. The lowest BCUT2D eigenvalue weighted by molar-refractivity contribution is -0.878. The number of nitrogens with one attached hydrogen (secondary N) is 1. The highest BCUT2D eigenvalue weighted by atomic mass is 15.2. The summed E-state index contributed by atoms with van der Waals surface area (Å²) in [4.78, 5) is 1.56. The molecule has 0 aliphatic rings. The molecule has 0 radical (unpaired) electrons. The summed E-state index contributed by atoms with van der Waals surface area (Å²) in [7, 11) is 0. The van der Waals surface area contributed by atoms with Gasteiger partial charge in [0, 0.05) is 0 Å². The van der Waals surface area contributed by atoms with E-state index in [4.69, 9.17) is 0 Å². The number of benzene rings is 1. The Kier molecular flexibility index (Phi) is 3.49. The first-order valence-corrected chi connectivity index (χ1v) is 5.05. The van der Waals surface area contributed by atoms with Crippen LogP contribution in [-0.2, 0) is 0 Å². The summed E-state index contributed by atoms with van der Waals surface area (Å²) in [5.41, 5.74) is 1.40. The average molecular weight is 178 g/mol. The topological polar surface area (TPSA) is 4.44 Å². The van der Waals surface area contributed by atoms with Crippen molar-refractivity contribution in [2.45, 2.75) is 39.8 Å². The quantitative estimate of drug-likeness (QED) is 0.722. The van der Waals surface area contributed by atoms with Crippen LogP contribution in [0.1, 0.15) is 27.7 Å². The number of hydrogen-bond acceptors (Lipinski definition) is 0. The van der Waals surface area contributed by atoms with Crippen LogP contribution in [0.15, 0.2) is 30.3 Å². The first-order valence-electron chi connectivity index (χ1n) is 5.05. The molecule has 1 aromatic carbocycles. The second-order valence-electron chi connectivity index (χ2n) is 4.13. The molecule has 13 heavy (non-hydrogen) atoms. The number of hydrogen-bond donors (Lipinski definition) is 1. The van der Waals surface area contributed by atoms with Crippen molar-refractivity contribution in [2.24, 2.45) is 0 Å². The minimum absolute atomic E-state index is 0.641. The highest BCUT2D eigenvalue weighted by molar-refractivity contribution is 5.28. The Morgan fingerprint density at radius 2 is 1.31 bits per heavy atom. The average Bonchev–Trinajstić information content (AvgIpc) is 2.04. The Labute approximate surface area is 81.4 Å². The van der Waals surface area contributed by atoms with Crippen molar-refractivity contribution < 1.29 is 4.90 Å². The van der Waals surface area contributed by atoms with Crippen LogP contribution in [0.4, 0.5) is 5.69 Å². The van der Waals surface area contributed by atoms with Gasteiger partial charge in [0.15, 0.2) is 0 Å². The van der Waals surface area contributed by atoms with Crippen molar-refractivity contribution in [1.29, 1.82) is 0 Å². The highest BCUT2D eigenvalue weighted by Gasteiger charge is 2.18. The van der Waals surface area contributed by atoms with Gasteiger partial charge in [-0.2, -0.15) is 0 Å². The Bertz CT molecular complexity index is 231. The maximum absolute atomic E-state index is 2.27. The molecular formula is C12H20N+. The van der Waals surface area contributed by atoms with Gasteiger partial charge in [-0.05, 0) is 39.8 Å². The van der Waals surface area contributed by atoms with Crippen molar-refractivity contribution in [3.63, 3.8) is 0 Å². The smallest absolute Gasteiger partial charge is 0.131 e. The molecule has 1 nitrogen and oxygen atoms in total. The maximum atomic E-state index is 2.27. The van der Waals surface area contributed by atoms with Crippen LogP contribution in [0.3, 0.4) is 0 Å². The van der Waals surface area contributed by atoms with E-state index >= 15 is 0 Å². The van der Waals surface area contributed by atoms with Crippen LogP contribution in [-0.4, -0.2) is 12.1 Å². The molecule has 1 rings (SSSR count). The molecule has 0 amide bonds. The van der Waals surface area contributed by atoms with Crippen molar-refractivity contribution in [3.8, 4) is 0 Å². The zero-order valence-corrected chi connectivity index (χ0v) is 9.04. The van der Waals surface area contributed by atoms with Gasteiger partial charge in [-0.15, -0.1) is 0 Å². The summed E-state index contributed by atoms with van der Waals surface area (Å²) in [6.45, 7) is 9.06. The Hall–Kier alpha value is -0.820. The molecule has 0 aromatic heterocycles. The van der Waals surface area contributed by atoms with Crippen LogP contribution in [0.2, 0.25) is 0 Å². The van der Waals surface area contributed by atoms with Gasteiger partial charge in [-0.25, -0.2) is 0 Å². The normalized spacial score (nSPS) is 11.6. The Morgan fingerprint density at radius 1 is 0.846 bits per heavy atom. The van der Waals surface area contributed by atoms with E-state index in [0.29, 0.717) is 12.1 Å². The minimum Gasteiger partial charge on any atom is -0.299 e. The van der Waals surface area contributed by atoms with E-state index in [0.717, 1.165) is 0 Å². The van der Waals surface area contributed by atoms with Gasteiger partial charge in [-0.3, -0.25) is 4.90 Å². The molecule has 1 aromatic rings. The standard InChI is InChI=1S/C12H19N/c1-10(2)13(11(3)4)12-8-6-5-7-9-12/h5-11H,1-4H3/p+1. The molecule has 0 aliphatic carbocycles. The van der Waals surface area contributed by atoms with Crippen LogP contribution in [0, 0.1) is 0 Å². The molecule has 0 saturated carbocycles. The zero-order chi connectivity index (χ0) is 9.84. The maximum Gasteiger partial charge on any atom is 0.131 e. The first-order chi connectivity index (χ1) is 6.13. The van der Waals surface area contributed by atoms with Gasteiger partial charge in [-0.1, -0.05) is 18.2 Å². The van der Waals surface area contributed by atoms with Crippen LogP contribution in [0.5, 0.6) is 0 Å². The lowest BCUT2D eigenvalue weighted by atomic mass is 10.2. The van der Waals surface area contributed by atoms with Gasteiger partial charge in [0.25, 0.3) is 0 Å². The fourth-order valence-electron chi connectivity index (χ4n) is 1.96. The lowest BCUT2D eigenvalue weighted by Gasteiger charge is -2.26. The third-order valence-electron chi connectivity index (χ3n) is 2.35. The number of para-hydroxylation sites is 1. The fourth-order valence-corrected chi connectivity index (χ4v) is 1.96. The Balaban J connectivity index is 2.89. The van der Waals surface area contributed by atoms with Gasteiger partial charge < -0.3 is 0 Å². The largest absolute Gasteiger partial charge is 0.299 e. The van der Waals surface area contributed by atoms with Gasteiger partial charge in [0.2, 0.25) is 0 Å². The molecule has 0 saturated heterocycles. The second-order valence-corrected chi connectivity index (χ2v) is 4.13. The molecule has 0 aliphatic heterocycles. The summed E-state index contributed by atoms with van der Waals surface area (Å²) >= 11 is 0. The van der Waals surface area contributed by atoms with Crippen molar-refractivity contribution >= 4 is 5.69 Å². The monoisotopic (exact) mass is 178 g/mol. The second kappa shape index (κ2) is 4.43. The molecule has 0 atom stereocenters. The van der Waals surface area contributed by atoms with Crippen molar-refractivity contribution in [1.82, 2.24) is 0 Å². The number of quaternary nitrogens is 1. The van der Waals surface area contributed by atoms with E-state index in [2.05, 4.69) is 58.0 Å². The molecule has 1 N–H and O–H groups in total. The van der Waals surface area contributed by atoms with Gasteiger partial charge >= 0.3 is 0 Å².